The second-order valence-electron chi connectivity index (χ2n) is 4.58. The molecule has 0 spiro atoms. The predicted octanol–water partition coefficient (Wildman–Crippen LogP) is 3.24. The van der Waals surface area contributed by atoms with Crippen molar-refractivity contribution in [2.24, 2.45) is 0 Å². The van der Waals surface area contributed by atoms with Crippen molar-refractivity contribution in [3.05, 3.63) is 35.4 Å². The molecule has 18 heavy (non-hydrogen) atoms. The molecule has 0 saturated carbocycles. The van der Waals surface area contributed by atoms with Crippen LogP contribution in [0, 0.1) is 0 Å². The zero-order valence-corrected chi connectivity index (χ0v) is 11.9. The molecule has 96 valence electrons. The van der Waals surface area contributed by atoms with Crippen LogP contribution in [0.2, 0.25) is 0 Å². The minimum absolute atomic E-state index is 0.150. The molecule has 0 aliphatic carbocycles. The molecule has 0 radical (unpaired) electrons. The van der Waals surface area contributed by atoms with Gasteiger partial charge in [-0.25, -0.2) is 0 Å². The Hall–Kier alpha value is -1.16. The summed E-state index contributed by atoms with van der Waals surface area (Å²) in [6.07, 6.45) is 2.93. The summed E-state index contributed by atoms with van der Waals surface area (Å²) >= 11 is 3.49. The van der Waals surface area contributed by atoms with Crippen LogP contribution in [-0.2, 0) is 0 Å². The summed E-state index contributed by atoms with van der Waals surface area (Å²) in [7, 11) is 0. The number of imide groups is 1. The second-order valence-corrected chi connectivity index (χ2v) is 6.15. The summed E-state index contributed by atoms with van der Waals surface area (Å²) < 4.78 is 0. The molecule has 1 aromatic carbocycles. The third kappa shape index (κ3) is 2.64. The highest BCUT2D eigenvalue weighted by atomic mass is 79.9. The Morgan fingerprint density at radius 1 is 1.11 bits per heavy atom. The average molecular weight is 310 g/mol. The van der Waals surface area contributed by atoms with Gasteiger partial charge in [0.2, 0.25) is 0 Å². The first-order chi connectivity index (χ1) is 8.61. The molecule has 1 unspecified atom stereocenters. The van der Waals surface area contributed by atoms with Gasteiger partial charge in [0.1, 0.15) is 0 Å². The topological polar surface area (TPSA) is 37.4 Å². The monoisotopic (exact) mass is 309 g/mol. The lowest BCUT2D eigenvalue weighted by atomic mass is 10.1. The minimum Gasteiger partial charge on any atom is -0.274 e. The van der Waals surface area contributed by atoms with Gasteiger partial charge in [-0.15, -0.1) is 0 Å². The number of fused-ring (bicyclic) bond motifs is 1. The van der Waals surface area contributed by atoms with Gasteiger partial charge < -0.3 is 0 Å². The van der Waals surface area contributed by atoms with Gasteiger partial charge in [0.15, 0.2) is 0 Å². The predicted molar refractivity (Wildman–Crippen MR) is 74.0 cm³/mol. The maximum absolute atomic E-state index is 12.0. The van der Waals surface area contributed by atoms with Crippen molar-refractivity contribution < 1.29 is 9.59 Å². The number of amides is 2. The van der Waals surface area contributed by atoms with Crippen molar-refractivity contribution in [1.29, 1.82) is 0 Å². The molecule has 0 bridgehead atoms. The Bertz CT molecular complexity index is 436. The van der Waals surface area contributed by atoms with Crippen LogP contribution in [-0.4, -0.2) is 28.1 Å². The maximum atomic E-state index is 12.0. The number of hydrogen-bond donors (Lipinski definition) is 0. The van der Waals surface area contributed by atoms with Crippen molar-refractivity contribution >= 4 is 27.7 Å². The number of halogens is 1. The second kappa shape index (κ2) is 5.65. The zero-order chi connectivity index (χ0) is 13.1. The number of nitrogens with zero attached hydrogens (tertiary/aromatic N) is 1. The highest BCUT2D eigenvalue weighted by Crippen LogP contribution is 2.22. The number of carbonyl (C=O) groups excluding carboxylic acids is 2. The number of carbonyl (C=O) groups is 2. The number of rotatable bonds is 5. The van der Waals surface area contributed by atoms with E-state index in [0.29, 0.717) is 22.5 Å². The van der Waals surface area contributed by atoms with E-state index in [1.54, 1.807) is 24.3 Å². The van der Waals surface area contributed by atoms with Crippen LogP contribution in [0.5, 0.6) is 0 Å². The van der Waals surface area contributed by atoms with E-state index in [0.717, 1.165) is 19.3 Å². The quantitative estimate of drug-likeness (QED) is 0.476. The van der Waals surface area contributed by atoms with Crippen LogP contribution < -0.4 is 0 Å². The molecule has 0 aromatic heterocycles. The molecular weight excluding hydrogens is 294 g/mol. The first-order valence-corrected chi connectivity index (χ1v) is 7.12. The Morgan fingerprint density at radius 3 is 2.17 bits per heavy atom. The molecule has 0 fully saturated rings. The molecule has 1 atom stereocenters. The molecule has 1 aromatic rings. The fraction of sp³-hybridized carbons (Fsp3) is 0.429. The molecule has 3 nitrogen and oxygen atoms in total. The summed E-state index contributed by atoms with van der Waals surface area (Å²) in [5.41, 5.74) is 1.08. The maximum Gasteiger partial charge on any atom is 0.261 e. The summed E-state index contributed by atoms with van der Waals surface area (Å²) in [6, 6.07) is 7.02. The highest BCUT2D eigenvalue weighted by molar-refractivity contribution is 9.09. The minimum atomic E-state index is -0.150. The van der Waals surface area contributed by atoms with Crippen LogP contribution in [0.1, 0.15) is 46.9 Å². The van der Waals surface area contributed by atoms with Gasteiger partial charge in [-0.2, -0.15) is 0 Å². The number of alkyl halides is 1. The van der Waals surface area contributed by atoms with E-state index in [1.165, 1.54) is 4.90 Å². The third-order valence-corrected chi connectivity index (χ3v) is 3.57. The van der Waals surface area contributed by atoms with E-state index in [4.69, 9.17) is 0 Å². The van der Waals surface area contributed by atoms with Crippen LogP contribution >= 0.6 is 15.9 Å². The van der Waals surface area contributed by atoms with E-state index < -0.39 is 0 Å². The van der Waals surface area contributed by atoms with E-state index in [-0.39, 0.29) is 11.8 Å². The molecule has 0 saturated heterocycles. The van der Waals surface area contributed by atoms with Gasteiger partial charge in [-0.3, -0.25) is 14.5 Å². The van der Waals surface area contributed by atoms with Gasteiger partial charge in [0, 0.05) is 11.4 Å². The van der Waals surface area contributed by atoms with Gasteiger partial charge in [-0.1, -0.05) is 41.4 Å². The van der Waals surface area contributed by atoms with Crippen molar-refractivity contribution in [2.75, 3.05) is 6.54 Å². The summed E-state index contributed by atoms with van der Waals surface area (Å²) in [5.74, 6) is -0.301. The third-order valence-electron chi connectivity index (χ3n) is 3.11. The lowest BCUT2D eigenvalue weighted by molar-refractivity contribution is 0.0651. The summed E-state index contributed by atoms with van der Waals surface area (Å²) in [4.78, 5) is 25.9. The lowest BCUT2D eigenvalue weighted by Crippen LogP contribution is -2.30. The lowest BCUT2D eigenvalue weighted by Gasteiger charge is -2.13. The van der Waals surface area contributed by atoms with E-state index in [1.807, 2.05) is 0 Å². The average Bonchev–Trinajstić information content (AvgIpc) is 2.59. The number of hydrogen-bond acceptors (Lipinski definition) is 2. The molecule has 1 aliphatic rings. The molecule has 0 N–H and O–H groups in total. The van der Waals surface area contributed by atoms with E-state index in [2.05, 4.69) is 22.9 Å². The molecule has 2 rings (SSSR count). The molecule has 4 heteroatoms. The van der Waals surface area contributed by atoms with Crippen LogP contribution in [0.15, 0.2) is 24.3 Å². The van der Waals surface area contributed by atoms with Crippen LogP contribution in [0.3, 0.4) is 0 Å². The Kier molecular flexibility index (Phi) is 4.17. The molecule has 1 aliphatic heterocycles. The SMILES string of the molecule is CC(Br)CCCCN1C(=O)c2ccccc2C1=O. The Morgan fingerprint density at radius 2 is 1.67 bits per heavy atom. The first-order valence-electron chi connectivity index (χ1n) is 6.20. The molecule has 1 heterocycles. The van der Waals surface area contributed by atoms with Crippen LogP contribution in [0.4, 0.5) is 0 Å². The van der Waals surface area contributed by atoms with Gasteiger partial charge in [0.25, 0.3) is 11.8 Å². The van der Waals surface area contributed by atoms with E-state index in [9.17, 15) is 9.59 Å². The summed E-state index contributed by atoms with van der Waals surface area (Å²) in [6.45, 7) is 2.62. The van der Waals surface area contributed by atoms with Crippen LogP contribution in [0.25, 0.3) is 0 Å². The number of unbranched alkanes of at least 4 members (excludes halogenated alkanes) is 1. The Balaban J connectivity index is 1.97. The van der Waals surface area contributed by atoms with E-state index >= 15 is 0 Å². The first kappa shape index (κ1) is 13.3. The largest absolute Gasteiger partial charge is 0.274 e. The molecular formula is C14H16BrNO2. The van der Waals surface area contributed by atoms with Gasteiger partial charge in [0.05, 0.1) is 11.1 Å². The fourth-order valence-corrected chi connectivity index (χ4v) is 2.46. The van der Waals surface area contributed by atoms with Gasteiger partial charge >= 0.3 is 0 Å². The van der Waals surface area contributed by atoms with Crippen molar-refractivity contribution in [1.82, 2.24) is 4.90 Å². The molecule has 2 amide bonds. The fourth-order valence-electron chi connectivity index (χ4n) is 2.14. The van der Waals surface area contributed by atoms with Crippen molar-refractivity contribution in [2.45, 2.75) is 31.0 Å². The smallest absolute Gasteiger partial charge is 0.261 e. The zero-order valence-electron chi connectivity index (χ0n) is 10.4. The Labute approximate surface area is 115 Å². The summed E-state index contributed by atoms with van der Waals surface area (Å²) in [5, 5.41) is 0. The van der Waals surface area contributed by atoms with Gasteiger partial charge in [-0.05, 0) is 25.0 Å². The standard InChI is InChI=1S/C14H16BrNO2/c1-10(15)6-4-5-9-16-13(17)11-7-2-3-8-12(11)14(16)18/h2-3,7-8,10H,4-6,9H2,1H3. The number of benzene rings is 1. The van der Waals surface area contributed by atoms with Crippen molar-refractivity contribution in [3.8, 4) is 0 Å². The highest BCUT2D eigenvalue weighted by Gasteiger charge is 2.34. The van der Waals surface area contributed by atoms with Crippen molar-refractivity contribution in [3.63, 3.8) is 0 Å². The normalized spacial score (nSPS) is 16.0.